The van der Waals surface area contributed by atoms with E-state index in [1.54, 1.807) is 19.2 Å². The third-order valence-electron chi connectivity index (χ3n) is 7.93. The van der Waals surface area contributed by atoms with Gasteiger partial charge in [0.2, 0.25) is 0 Å². The molecular weight excluding hydrogens is 339 g/mol. The molecule has 0 radical (unpaired) electrons. The van der Waals surface area contributed by atoms with Crippen LogP contribution in [-0.2, 0) is 6.61 Å². The molecule has 4 rings (SSSR count). The van der Waals surface area contributed by atoms with E-state index < -0.39 is 0 Å². The summed E-state index contributed by atoms with van der Waals surface area (Å²) < 4.78 is 20.1. The number of aliphatic hydroxyl groups excluding tert-OH is 1. The van der Waals surface area contributed by atoms with Crippen LogP contribution in [0.5, 0.6) is 5.75 Å². The molecule has 3 unspecified atom stereocenters. The van der Waals surface area contributed by atoms with Gasteiger partial charge in [0, 0.05) is 5.56 Å². The van der Waals surface area contributed by atoms with Crippen LogP contribution in [0.15, 0.2) is 36.4 Å². The zero-order valence-electron chi connectivity index (χ0n) is 16.7. The molecule has 0 aliphatic heterocycles. The Bertz CT molecular complexity index is 873. The van der Waals surface area contributed by atoms with Gasteiger partial charge in [-0.25, -0.2) is 4.39 Å². The van der Waals surface area contributed by atoms with Gasteiger partial charge in [0.05, 0.1) is 13.7 Å². The van der Waals surface area contributed by atoms with E-state index in [0.717, 1.165) is 17.5 Å². The fraction of sp³-hybridized carbons (Fsp3) is 0.500. The molecule has 2 aromatic carbocycles. The van der Waals surface area contributed by atoms with Crippen LogP contribution in [0.25, 0.3) is 11.1 Å². The molecule has 2 nitrogen and oxygen atoms in total. The second-order valence-corrected chi connectivity index (χ2v) is 9.09. The van der Waals surface area contributed by atoms with Crippen LogP contribution in [-0.4, -0.2) is 12.2 Å². The molecule has 2 aromatic rings. The predicted molar refractivity (Wildman–Crippen MR) is 106 cm³/mol. The number of hydrogen-bond acceptors (Lipinski definition) is 2. The van der Waals surface area contributed by atoms with Gasteiger partial charge in [-0.1, -0.05) is 39.0 Å². The van der Waals surface area contributed by atoms with E-state index in [-0.39, 0.29) is 23.3 Å². The van der Waals surface area contributed by atoms with Gasteiger partial charge in [0.15, 0.2) is 0 Å². The van der Waals surface area contributed by atoms with Gasteiger partial charge in [0.1, 0.15) is 11.6 Å². The maximum atomic E-state index is 14.8. The molecule has 2 aliphatic rings. The average Bonchev–Trinajstić information content (AvgIpc) is 3.01. The summed E-state index contributed by atoms with van der Waals surface area (Å²) in [5.41, 5.74) is 4.04. The lowest BCUT2D eigenvalue weighted by molar-refractivity contribution is 0.135. The predicted octanol–water partition coefficient (Wildman–Crippen LogP) is 5.92. The van der Waals surface area contributed by atoms with Crippen LogP contribution < -0.4 is 4.74 Å². The summed E-state index contributed by atoms with van der Waals surface area (Å²) in [6.45, 7) is 7.20. The van der Waals surface area contributed by atoms with Gasteiger partial charge >= 0.3 is 0 Å². The van der Waals surface area contributed by atoms with E-state index in [2.05, 4.69) is 26.8 Å². The summed E-state index contributed by atoms with van der Waals surface area (Å²) in [7, 11) is 1.60. The van der Waals surface area contributed by atoms with Crippen LogP contribution in [0.4, 0.5) is 4.39 Å². The van der Waals surface area contributed by atoms with Crippen molar-refractivity contribution in [3.05, 3.63) is 53.3 Å². The highest BCUT2D eigenvalue weighted by Crippen LogP contribution is 2.71. The third-order valence-corrected chi connectivity index (χ3v) is 7.93. The lowest BCUT2D eigenvalue weighted by Crippen LogP contribution is -2.31. The first-order valence-corrected chi connectivity index (χ1v) is 9.89. The Hall–Kier alpha value is -1.87. The maximum Gasteiger partial charge on any atom is 0.131 e. The van der Waals surface area contributed by atoms with E-state index in [0.29, 0.717) is 23.1 Å². The van der Waals surface area contributed by atoms with Crippen molar-refractivity contribution >= 4 is 0 Å². The molecule has 2 fully saturated rings. The number of rotatable bonds is 4. The van der Waals surface area contributed by atoms with Crippen molar-refractivity contribution in [1.29, 1.82) is 0 Å². The Balaban J connectivity index is 1.89. The van der Waals surface area contributed by atoms with Crippen LogP contribution in [0, 0.1) is 22.6 Å². The van der Waals surface area contributed by atoms with Gasteiger partial charge in [-0.15, -0.1) is 0 Å². The Kier molecular flexibility index (Phi) is 4.34. The normalized spacial score (nSPS) is 28.5. The summed E-state index contributed by atoms with van der Waals surface area (Å²) in [5.74, 6) is 1.50. The minimum absolute atomic E-state index is 0.00410. The number of aliphatic hydroxyl groups is 1. The Morgan fingerprint density at radius 2 is 1.89 bits per heavy atom. The lowest BCUT2D eigenvalue weighted by Gasteiger charge is -2.40. The van der Waals surface area contributed by atoms with Crippen molar-refractivity contribution in [1.82, 2.24) is 0 Å². The molecule has 3 atom stereocenters. The van der Waals surface area contributed by atoms with E-state index in [1.165, 1.54) is 24.5 Å². The zero-order valence-corrected chi connectivity index (χ0v) is 16.7. The molecule has 0 saturated heterocycles. The molecule has 2 bridgehead atoms. The fourth-order valence-corrected chi connectivity index (χ4v) is 5.76. The average molecular weight is 368 g/mol. The smallest absolute Gasteiger partial charge is 0.131 e. The quantitative estimate of drug-likeness (QED) is 0.725. The van der Waals surface area contributed by atoms with Gasteiger partial charge in [-0.3, -0.25) is 0 Å². The van der Waals surface area contributed by atoms with Crippen LogP contribution in [0.1, 0.15) is 57.1 Å². The monoisotopic (exact) mass is 368 g/mol. The molecule has 3 heteroatoms. The minimum atomic E-state index is -0.235. The van der Waals surface area contributed by atoms with Crippen LogP contribution in [0.3, 0.4) is 0 Å². The summed E-state index contributed by atoms with van der Waals surface area (Å²) in [5, 5.41) is 9.71. The zero-order chi connectivity index (χ0) is 19.4. The van der Waals surface area contributed by atoms with Crippen molar-refractivity contribution in [2.45, 2.75) is 52.6 Å². The lowest BCUT2D eigenvalue weighted by atomic mass is 9.64. The molecule has 27 heavy (non-hydrogen) atoms. The SMILES string of the molecule is COc1ccc(F)c(-c2ccc(CO)cc2C2CC3CCC2(C)C3(C)C)c1. The summed E-state index contributed by atoms with van der Waals surface area (Å²) >= 11 is 0. The second kappa shape index (κ2) is 6.34. The molecule has 1 N–H and O–H groups in total. The number of benzene rings is 2. The number of fused-ring (bicyclic) bond motifs is 2. The molecule has 0 amide bonds. The van der Waals surface area contributed by atoms with E-state index >= 15 is 0 Å². The molecule has 144 valence electrons. The molecule has 2 saturated carbocycles. The first-order valence-electron chi connectivity index (χ1n) is 9.89. The third kappa shape index (κ3) is 2.62. The van der Waals surface area contributed by atoms with Gasteiger partial charge in [0.25, 0.3) is 0 Å². The second-order valence-electron chi connectivity index (χ2n) is 9.09. The van der Waals surface area contributed by atoms with Crippen molar-refractivity contribution in [2.24, 2.45) is 16.7 Å². The minimum Gasteiger partial charge on any atom is -0.497 e. The van der Waals surface area contributed by atoms with Crippen LogP contribution in [0.2, 0.25) is 0 Å². The standard InChI is InChI=1S/C24H29FO2/c1-23(2)16-9-10-24(23,3)21(12-16)19-11-15(14-26)5-7-18(19)20-13-17(27-4)6-8-22(20)25/h5-8,11,13,16,21,26H,9-10,12,14H2,1-4H3. The number of halogens is 1. The first kappa shape index (κ1) is 18.5. The van der Waals surface area contributed by atoms with Gasteiger partial charge < -0.3 is 9.84 Å². The molecule has 0 heterocycles. The van der Waals surface area contributed by atoms with E-state index in [4.69, 9.17) is 4.74 Å². The number of hydrogen-bond donors (Lipinski definition) is 1. The Morgan fingerprint density at radius 3 is 2.48 bits per heavy atom. The molecule has 0 spiro atoms. The molecule has 2 aliphatic carbocycles. The Labute approximate surface area is 161 Å². The van der Waals surface area contributed by atoms with Gasteiger partial charge in [-0.2, -0.15) is 0 Å². The maximum absolute atomic E-state index is 14.8. The molecular formula is C24H29FO2. The summed E-state index contributed by atoms with van der Waals surface area (Å²) in [6, 6.07) is 10.9. The highest BCUT2D eigenvalue weighted by molar-refractivity contribution is 5.71. The highest BCUT2D eigenvalue weighted by Gasteiger charge is 2.61. The fourth-order valence-electron chi connectivity index (χ4n) is 5.76. The Morgan fingerprint density at radius 1 is 1.11 bits per heavy atom. The van der Waals surface area contributed by atoms with E-state index in [1.807, 2.05) is 12.1 Å². The van der Waals surface area contributed by atoms with Crippen molar-refractivity contribution < 1.29 is 14.2 Å². The highest BCUT2D eigenvalue weighted by atomic mass is 19.1. The van der Waals surface area contributed by atoms with Crippen molar-refractivity contribution in [3.63, 3.8) is 0 Å². The van der Waals surface area contributed by atoms with Crippen molar-refractivity contribution in [3.8, 4) is 16.9 Å². The van der Waals surface area contributed by atoms with Crippen LogP contribution >= 0.6 is 0 Å². The number of ether oxygens (including phenoxy) is 1. The summed E-state index contributed by atoms with van der Waals surface area (Å²) in [6.07, 6.45) is 3.62. The van der Waals surface area contributed by atoms with E-state index in [9.17, 15) is 9.50 Å². The topological polar surface area (TPSA) is 29.5 Å². The molecule has 0 aromatic heterocycles. The first-order chi connectivity index (χ1) is 12.8. The number of methoxy groups -OCH3 is 1. The van der Waals surface area contributed by atoms with Gasteiger partial charge in [-0.05, 0) is 76.8 Å². The summed E-state index contributed by atoms with van der Waals surface area (Å²) in [4.78, 5) is 0. The largest absolute Gasteiger partial charge is 0.497 e. The van der Waals surface area contributed by atoms with Crippen molar-refractivity contribution in [2.75, 3.05) is 7.11 Å².